The number of benzene rings is 2. The summed E-state index contributed by atoms with van der Waals surface area (Å²) in [5.74, 6) is 1.07. The van der Waals surface area contributed by atoms with Crippen LogP contribution in [0.5, 0.6) is 5.75 Å². The number of amides is 1. The lowest BCUT2D eigenvalue weighted by atomic mass is 9.73. The normalized spacial score (nSPS) is 17.9. The van der Waals surface area contributed by atoms with Gasteiger partial charge >= 0.3 is 0 Å². The fraction of sp³-hybridized carbons (Fsp3) is 0.300. The van der Waals surface area contributed by atoms with Crippen molar-refractivity contribution >= 4 is 16.9 Å². The third-order valence-corrected chi connectivity index (χ3v) is 5.38. The van der Waals surface area contributed by atoms with Crippen molar-refractivity contribution in [3.63, 3.8) is 0 Å². The third kappa shape index (κ3) is 2.22. The van der Waals surface area contributed by atoms with Crippen LogP contribution in [0.4, 0.5) is 0 Å². The lowest BCUT2D eigenvalue weighted by molar-refractivity contribution is -0.0290. The van der Waals surface area contributed by atoms with Gasteiger partial charge < -0.3 is 14.2 Å². The van der Waals surface area contributed by atoms with E-state index in [4.69, 9.17) is 4.74 Å². The molecule has 0 N–H and O–H groups in total. The molecule has 1 aromatic heterocycles. The molecule has 2 aliphatic rings. The number of fused-ring (bicyclic) bond motifs is 2. The zero-order valence-electron chi connectivity index (χ0n) is 14.1. The molecule has 126 valence electrons. The van der Waals surface area contributed by atoms with Gasteiger partial charge in [-0.3, -0.25) is 4.79 Å². The molecule has 3 aromatic rings. The topological polar surface area (TPSA) is 47.4 Å². The van der Waals surface area contributed by atoms with Gasteiger partial charge in [0.2, 0.25) is 0 Å². The molecular weight excluding hydrogens is 314 g/mol. The van der Waals surface area contributed by atoms with Gasteiger partial charge in [-0.1, -0.05) is 18.2 Å². The Kier molecular flexibility index (Phi) is 2.95. The molecule has 3 heterocycles. The van der Waals surface area contributed by atoms with Gasteiger partial charge in [0.05, 0.1) is 24.0 Å². The molecule has 1 fully saturated rings. The van der Waals surface area contributed by atoms with E-state index in [1.165, 1.54) is 5.56 Å². The number of carbonyl (C=O) groups excluding carboxylic acids is 1. The molecular formula is C20H19N3O2. The number of imidazole rings is 1. The predicted octanol–water partition coefficient (Wildman–Crippen LogP) is 2.65. The first-order valence-electron chi connectivity index (χ1n) is 8.55. The number of likely N-dealkylation sites (tertiary alicyclic amines) is 1. The fourth-order valence-corrected chi connectivity index (χ4v) is 4.04. The minimum absolute atomic E-state index is 0.0686. The third-order valence-electron chi connectivity index (χ3n) is 5.38. The molecule has 5 nitrogen and oxygen atoms in total. The van der Waals surface area contributed by atoms with Crippen molar-refractivity contribution in [3.05, 3.63) is 59.9 Å². The van der Waals surface area contributed by atoms with Crippen LogP contribution in [0.1, 0.15) is 15.9 Å². The van der Waals surface area contributed by atoms with Crippen molar-refractivity contribution in [2.75, 3.05) is 19.7 Å². The van der Waals surface area contributed by atoms with Crippen LogP contribution in [0.15, 0.2) is 48.8 Å². The van der Waals surface area contributed by atoms with Crippen LogP contribution in [-0.4, -0.2) is 40.1 Å². The molecule has 1 amide bonds. The first kappa shape index (κ1) is 14.5. The Bertz CT molecular complexity index is 986. The number of carbonyl (C=O) groups is 1. The Morgan fingerprint density at radius 1 is 1.20 bits per heavy atom. The van der Waals surface area contributed by atoms with Crippen LogP contribution in [-0.2, 0) is 13.5 Å². The van der Waals surface area contributed by atoms with Gasteiger partial charge in [0.15, 0.2) is 0 Å². The minimum atomic E-state index is 0.0686. The van der Waals surface area contributed by atoms with Crippen molar-refractivity contribution in [1.29, 1.82) is 0 Å². The van der Waals surface area contributed by atoms with Crippen molar-refractivity contribution in [2.45, 2.75) is 6.42 Å². The van der Waals surface area contributed by atoms with Gasteiger partial charge in [-0.25, -0.2) is 4.98 Å². The van der Waals surface area contributed by atoms with E-state index < -0.39 is 0 Å². The Morgan fingerprint density at radius 3 is 2.92 bits per heavy atom. The number of hydrogen-bond donors (Lipinski definition) is 0. The van der Waals surface area contributed by atoms with Crippen LogP contribution in [0.3, 0.4) is 0 Å². The number of para-hydroxylation sites is 1. The molecule has 0 atom stereocenters. The van der Waals surface area contributed by atoms with Gasteiger partial charge in [-0.15, -0.1) is 0 Å². The van der Waals surface area contributed by atoms with Gasteiger partial charge in [-0.2, -0.15) is 0 Å². The first-order valence-corrected chi connectivity index (χ1v) is 8.55. The maximum Gasteiger partial charge on any atom is 0.253 e. The maximum atomic E-state index is 12.8. The fourth-order valence-electron chi connectivity index (χ4n) is 4.04. The average Bonchev–Trinajstić information content (AvgIpc) is 2.99. The molecule has 1 spiro atoms. The predicted molar refractivity (Wildman–Crippen MR) is 94.7 cm³/mol. The second kappa shape index (κ2) is 5.09. The van der Waals surface area contributed by atoms with Crippen molar-refractivity contribution in [3.8, 4) is 5.75 Å². The van der Waals surface area contributed by atoms with Crippen molar-refractivity contribution in [2.24, 2.45) is 12.5 Å². The molecule has 2 aliphatic heterocycles. The van der Waals surface area contributed by atoms with E-state index >= 15 is 0 Å². The molecule has 0 radical (unpaired) electrons. The standard InChI is InChI=1S/C20H19N3O2/c1-22-13-21-16-8-14(6-7-17(16)22)19(24)23-10-20(11-23)9-15-4-2-3-5-18(15)25-12-20/h2-8,13H,9-12H2,1H3. The van der Waals surface area contributed by atoms with E-state index in [0.717, 1.165) is 36.3 Å². The van der Waals surface area contributed by atoms with Gasteiger partial charge in [-0.05, 0) is 36.2 Å². The number of rotatable bonds is 1. The largest absolute Gasteiger partial charge is 0.493 e. The highest BCUT2D eigenvalue weighted by Crippen LogP contribution is 2.41. The van der Waals surface area contributed by atoms with E-state index in [2.05, 4.69) is 11.1 Å². The van der Waals surface area contributed by atoms with Crippen LogP contribution in [0.2, 0.25) is 0 Å². The van der Waals surface area contributed by atoms with E-state index in [0.29, 0.717) is 12.2 Å². The highest BCUT2D eigenvalue weighted by molar-refractivity contribution is 5.98. The van der Waals surface area contributed by atoms with Crippen molar-refractivity contribution in [1.82, 2.24) is 14.5 Å². The van der Waals surface area contributed by atoms with Crippen LogP contribution < -0.4 is 4.74 Å². The lowest BCUT2D eigenvalue weighted by Gasteiger charge is -2.51. The lowest BCUT2D eigenvalue weighted by Crippen LogP contribution is -2.62. The molecule has 5 rings (SSSR count). The SMILES string of the molecule is Cn1cnc2cc(C(=O)N3CC4(COc5ccccc5C4)C3)ccc21. The number of aromatic nitrogens is 2. The molecule has 2 aromatic carbocycles. The minimum Gasteiger partial charge on any atom is -0.493 e. The van der Waals surface area contributed by atoms with E-state index in [1.54, 1.807) is 6.33 Å². The highest BCUT2D eigenvalue weighted by atomic mass is 16.5. The Labute approximate surface area is 145 Å². The number of ether oxygens (including phenoxy) is 1. The van der Waals surface area contributed by atoms with Crippen molar-refractivity contribution < 1.29 is 9.53 Å². The summed E-state index contributed by atoms with van der Waals surface area (Å²) >= 11 is 0. The monoisotopic (exact) mass is 333 g/mol. The van der Waals surface area contributed by atoms with Gasteiger partial charge in [0.25, 0.3) is 5.91 Å². The summed E-state index contributed by atoms with van der Waals surface area (Å²) in [6.07, 6.45) is 2.75. The van der Waals surface area contributed by atoms with Crippen LogP contribution >= 0.6 is 0 Å². The second-order valence-corrected chi connectivity index (χ2v) is 7.29. The zero-order chi connectivity index (χ0) is 17.0. The van der Waals surface area contributed by atoms with Crippen LogP contribution in [0, 0.1) is 5.41 Å². The van der Waals surface area contributed by atoms with Gasteiger partial charge in [0.1, 0.15) is 5.75 Å². The molecule has 0 saturated carbocycles. The van der Waals surface area contributed by atoms with Gasteiger partial charge in [0, 0.05) is 31.1 Å². The molecule has 5 heteroatoms. The van der Waals surface area contributed by atoms with E-state index in [-0.39, 0.29) is 11.3 Å². The summed E-state index contributed by atoms with van der Waals surface area (Å²) in [7, 11) is 1.96. The summed E-state index contributed by atoms with van der Waals surface area (Å²) in [5.41, 5.74) is 3.92. The van der Waals surface area contributed by atoms with E-state index in [9.17, 15) is 4.79 Å². The number of aryl methyl sites for hydroxylation is 1. The summed E-state index contributed by atoms with van der Waals surface area (Å²) in [5, 5.41) is 0. The smallest absolute Gasteiger partial charge is 0.253 e. The average molecular weight is 333 g/mol. The number of nitrogens with zero attached hydrogens (tertiary/aromatic N) is 3. The Balaban J connectivity index is 1.33. The molecule has 0 unspecified atom stereocenters. The first-order chi connectivity index (χ1) is 12.1. The quantitative estimate of drug-likeness (QED) is 0.688. The molecule has 0 bridgehead atoms. The summed E-state index contributed by atoms with van der Waals surface area (Å²) < 4.78 is 7.88. The summed E-state index contributed by atoms with van der Waals surface area (Å²) in [4.78, 5) is 19.1. The second-order valence-electron chi connectivity index (χ2n) is 7.29. The zero-order valence-corrected chi connectivity index (χ0v) is 14.1. The Hall–Kier alpha value is -2.82. The molecule has 25 heavy (non-hydrogen) atoms. The Morgan fingerprint density at radius 2 is 2.04 bits per heavy atom. The van der Waals surface area contributed by atoms with E-state index in [1.807, 2.05) is 52.9 Å². The summed E-state index contributed by atoms with van der Waals surface area (Å²) in [6.45, 7) is 2.19. The molecule has 1 saturated heterocycles. The molecule has 0 aliphatic carbocycles. The summed E-state index contributed by atoms with van der Waals surface area (Å²) in [6, 6.07) is 13.9. The number of hydrogen-bond acceptors (Lipinski definition) is 3. The maximum absolute atomic E-state index is 12.8. The highest BCUT2D eigenvalue weighted by Gasteiger charge is 2.48. The van der Waals surface area contributed by atoms with Crippen LogP contribution in [0.25, 0.3) is 11.0 Å².